The van der Waals surface area contributed by atoms with Crippen LogP contribution in [0.4, 0.5) is 19.1 Å². The first-order valence-corrected chi connectivity index (χ1v) is 5.65. The zero-order chi connectivity index (χ0) is 14.5. The van der Waals surface area contributed by atoms with E-state index in [1.54, 1.807) is 13.8 Å². The van der Waals surface area contributed by atoms with E-state index < -0.39 is 23.9 Å². The molecule has 1 rings (SSSR count). The Morgan fingerprint density at radius 3 is 2.79 bits per heavy atom. The summed E-state index contributed by atoms with van der Waals surface area (Å²) in [5.74, 6) is -0.610. The van der Waals surface area contributed by atoms with Crippen LogP contribution >= 0.6 is 0 Å². The second-order valence-corrected chi connectivity index (χ2v) is 3.82. The highest BCUT2D eigenvalue weighted by atomic mass is 19.4. The molecule has 1 unspecified atom stereocenters. The Bertz CT molecular complexity index is 437. The lowest BCUT2D eigenvalue weighted by Crippen LogP contribution is -2.23. The minimum absolute atomic E-state index is 0.0213. The Balaban J connectivity index is 2.64. The number of hydrogen-bond acceptors (Lipinski definition) is 5. The van der Waals surface area contributed by atoms with Gasteiger partial charge in [-0.25, -0.2) is 9.97 Å². The number of ether oxygens (including phenoxy) is 1. The van der Waals surface area contributed by atoms with Crippen molar-refractivity contribution in [2.24, 2.45) is 0 Å². The van der Waals surface area contributed by atoms with Gasteiger partial charge < -0.3 is 10.1 Å². The van der Waals surface area contributed by atoms with Crippen LogP contribution < -0.4 is 5.32 Å². The number of alkyl halides is 3. The topological polar surface area (TPSA) is 64.1 Å². The van der Waals surface area contributed by atoms with Crippen LogP contribution in [0.25, 0.3) is 0 Å². The van der Waals surface area contributed by atoms with Crippen LogP contribution in [0.1, 0.15) is 26.0 Å². The van der Waals surface area contributed by atoms with E-state index in [-0.39, 0.29) is 19.0 Å². The number of rotatable bonds is 5. The van der Waals surface area contributed by atoms with Crippen molar-refractivity contribution in [3.63, 3.8) is 0 Å². The SMILES string of the molecule is CCOC(=O)CC(C)Nc1nccc(C(F)(F)F)n1. The Morgan fingerprint density at radius 2 is 2.21 bits per heavy atom. The van der Waals surface area contributed by atoms with Crippen LogP contribution in [0.5, 0.6) is 0 Å². The minimum Gasteiger partial charge on any atom is -0.466 e. The van der Waals surface area contributed by atoms with Crippen molar-refractivity contribution in [1.29, 1.82) is 0 Å². The standard InChI is InChI=1S/C11H14F3N3O2/c1-3-19-9(18)6-7(2)16-10-15-5-4-8(17-10)11(12,13)14/h4-5,7H,3,6H2,1-2H3,(H,15,16,17). The second kappa shape index (κ2) is 6.35. The molecule has 1 aromatic heterocycles. The molecule has 0 aliphatic carbocycles. The predicted molar refractivity (Wildman–Crippen MR) is 61.4 cm³/mol. The number of anilines is 1. The molecule has 1 heterocycles. The Kier molecular flexibility index (Phi) is 5.08. The van der Waals surface area contributed by atoms with Crippen molar-refractivity contribution >= 4 is 11.9 Å². The summed E-state index contributed by atoms with van der Waals surface area (Å²) in [6.45, 7) is 3.55. The molecule has 0 fully saturated rings. The Labute approximate surface area is 108 Å². The van der Waals surface area contributed by atoms with Crippen LogP contribution in [0.2, 0.25) is 0 Å². The van der Waals surface area contributed by atoms with E-state index in [1.807, 2.05) is 0 Å². The highest BCUT2D eigenvalue weighted by molar-refractivity contribution is 5.70. The van der Waals surface area contributed by atoms with Crippen molar-refractivity contribution in [3.05, 3.63) is 18.0 Å². The van der Waals surface area contributed by atoms with Crippen molar-refractivity contribution in [1.82, 2.24) is 9.97 Å². The maximum atomic E-state index is 12.4. The van der Waals surface area contributed by atoms with Gasteiger partial charge in [-0.2, -0.15) is 13.2 Å². The first-order chi connectivity index (χ1) is 8.82. The van der Waals surface area contributed by atoms with E-state index in [0.717, 1.165) is 12.3 Å². The van der Waals surface area contributed by atoms with Gasteiger partial charge in [0.25, 0.3) is 0 Å². The fourth-order valence-electron chi connectivity index (χ4n) is 1.33. The molecule has 0 saturated carbocycles. The van der Waals surface area contributed by atoms with E-state index in [0.29, 0.717) is 0 Å². The van der Waals surface area contributed by atoms with Crippen molar-refractivity contribution in [2.75, 3.05) is 11.9 Å². The molecule has 0 radical (unpaired) electrons. The zero-order valence-corrected chi connectivity index (χ0v) is 10.5. The van der Waals surface area contributed by atoms with Crippen molar-refractivity contribution in [3.8, 4) is 0 Å². The van der Waals surface area contributed by atoms with Gasteiger partial charge in [-0.05, 0) is 19.9 Å². The fraction of sp³-hybridized carbons (Fsp3) is 0.545. The molecule has 1 N–H and O–H groups in total. The van der Waals surface area contributed by atoms with Crippen LogP contribution in [-0.4, -0.2) is 28.6 Å². The number of nitrogens with one attached hydrogen (secondary N) is 1. The summed E-state index contributed by atoms with van der Waals surface area (Å²) in [4.78, 5) is 18.2. The first-order valence-electron chi connectivity index (χ1n) is 5.65. The summed E-state index contributed by atoms with van der Waals surface area (Å²) in [6, 6.07) is 0.351. The van der Waals surface area contributed by atoms with Gasteiger partial charge in [0.2, 0.25) is 5.95 Å². The number of halogens is 3. The van der Waals surface area contributed by atoms with Gasteiger partial charge in [0.15, 0.2) is 0 Å². The predicted octanol–water partition coefficient (Wildman–Crippen LogP) is 2.25. The minimum atomic E-state index is -4.52. The number of esters is 1. The third-order valence-corrected chi connectivity index (χ3v) is 2.10. The molecule has 1 aromatic rings. The van der Waals surface area contributed by atoms with E-state index in [4.69, 9.17) is 4.74 Å². The maximum Gasteiger partial charge on any atom is 0.433 e. The van der Waals surface area contributed by atoms with Crippen molar-refractivity contribution in [2.45, 2.75) is 32.5 Å². The smallest absolute Gasteiger partial charge is 0.433 e. The summed E-state index contributed by atoms with van der Waals surface area (Å²) in [7, 11) is 0. The van der Waals surface area contributed by atoms with Gasteiger partial charge in [-0.1, -0.05) is 0 Å². The van der Waals surface area contributed by atoms with Gasteiger partial charge >= 0.3 is 12.1 Å². The average molecular weight is 277 g/mol. The number of nitrogens with zero attached hydrogens (tertiary/aromatic N) is 2. The average Bonchev–Trinajstić information content (AvgIpc) is 2.28. The van der Waals surface area contributed by atoms with E-state index in [1.165, 1.54) is 0 Å². The monoisotopic (exact) mass is 277 g/mol. The summed E-state index contributed by atoms with van der Waals surface area (Å²) < 4.78 is 42.0. The maximum absolute atomic E-state index is 12.4. The molecule has 8 heteroatoms. The van der Waals surface area contributed by atoms with Crippen LogP contribution in [-0.2, 0) is 15.7 Å². The molecule has 106 valence electrons. The number of carbonyl (C=O) groups excluding carboxylic acids is 1. The van der Waals surface area contributed by atoms with Gasteiger partial charge in [0.1, 0.15) is 5.69 Å². The molecule has 0 spiro atoms. The summed E-state index contributed by atoms with van der Waals surface area (Å²) in [6.07, 6.45) is -3.49. The Hall–Kier alpha value is -1.86. The van der Waals surface area contributed by atoms with E-state index in [9.17, 15) is 18.0 Å². The molecule has 0 aliphatic rings. The lowest BCUT2D eigenvalue weighted by Gasteiger charge is -2.13. The lowest BCUT2D eigenvalue weighted by molar-refractivity contribution is -0.143. The largest absolute Gasteiger partial charge is 0.466 e. The van der Waals surface area contributed by atoms with E-state index >= 15 is 0 Å². The molecule has 19 heavy (non-hydrogen) atoms. The summed E-state index contributed by atoms with van der Waals surface area (Å²) >= 11 is 0. The van der Waals surface area contributed by atoms with Crippen LogP contribution in [0.15, 0.2) is 12.3 Å². The first kappa shape index (κ1) is 15.2. The molecule has 1 atom stereocenters. The van der Waals surface area contributed by atoms with Crippen LogP contribution in [0, 0.1) is 0 Å². The van der Waals surface area contributed by atoms with Gasteiger partial charge in [0, 0.05) is 12.2 Å². The molecule has 0 aromatic carbocycles. The number of aromatic nitrogens is 2. The molecule has 0 amide bonds. The highest BCUT2D eigenvalue weighted by Crippen LogP contribution is 2.27. The van der Waals surface area contributed by atoms with Gasteiger partial charge in [-0.3, -0.25) is 4.79 Å². The molecule has 0 saturated heterocycles. The summed E-state index contributed by atoms with van der Waals surface area (Å²) in [5, 5.41) is 2.62. The molecule has 0 bridgehead atoms. The normalized spacial score (nSPS) is 12.9. The molecular formula is C11H14F3N3O2. The van der Waals surface area contributed by atoms with Crippen molar-refractivity contribution < 1.29 is 22.7 Å². The summed E-state index contributed by atoms with van der Waals surface area (Å²) in [5.41, 5.74) is -1.03. The van der Waals surface area contributed by atoms with E-state index in [2.05, 4.69) is 15.3 Å². The second-order valence-electron chi connectivity index (χ2n) is 3.82. The molecule has 0 aliphatic heterocycles. The van der Waals surface area contributed by atoms with Crippen LogP contribution in [0.3, 0.4) is 0 Å². The molecule has 5 nitrogen and oxygen atoms in total. The quantitative estimate of drug-likeness (QED) is 0.836. The highest BCUT2D eigenvalue weighted by Gasteiger charge is 2.32. The van der Waals surface area contributed by atoms with Gasteiger partial charge in [-0.15, -0.1) is 0 Å². The molecular weight excluding hydrogens is 263 g/mol. The lowest BCUT2D eigenvalue weighted by atomic mass is 10.2. The van der Waals surface area contributed by atoms with Gasteiger partial charge in [0.05, 0.1) is 13.0 Å². The Morgan fingerprint density at radius 1 is 1.53 bits per heavy atom. The zero-order valence-electron chi connectivity index (χ0n) is 10.5. The fourth-order valence-corrected chi connectivity index (χ4v) is 1.33. The number of carbonyl (C=O) groups is 1. The third-order valence-electron chi connectivity index (χ3n) is 2.10. The third kappa shape index (κ3) is 5.11. The number of hydrogen-bond donors (Lipinski definition) is 1.